The first kappa shape index (κ1) is 20.1. The maximum absolute atomic E-state index is 13.2. The Labute approximate surface area is 178 Å². The van der Waals surface area contributed by atoms with Crippen molar-refractivity contribution < 1.29 is 4.39 Å². The Morgan fingerprint density at radius 3 is 2.50 bits per heavy atom. The van der Waals surface area contributed by atoms with E-state index in [-0.39, 0.29) is 5.82 Å². The number of pyridine rings is 1. The first-order valence-electron chi connectivity index (χ1n) is 9.51. The van der Waals surface area contributed by atoms with E-state index in [0.29, 0.717) is 26.2 Å². The number of tetrazole rings is 1. The summed E-state index contributed by atoms with van der Waals surface area (Å²) in [7, 11) is 0. The zero-order valence-corrected chi connectivity index (χ0v) is 17.0. The molecule has 152 valence electrons. The molecule has 0 aliphatic rings. The molecule has 0 spiro atoms. The number of hydrogen-bond acceptors (Lipinski definition) is 5. The summed E-state index contributed by atoms with van der Waals surface area (Å²) in [4.78, 5) is 6.42. The maximum atomic E-state index is 13.2. The molecule has 0 unspecified atom stereocenters. The van der Waals surface area contributed by atoms with Gasteiger partial charge in [-0.1, -0.05) is 48.0 Å². The Morgan fingerprint density at radius 1 is 0.900 bits per heavy atom. The average Bonchev–Trinajstić information content (AvgIpc) is 3.18. The van der Waals surface area contributed by atoms with E-state index >= 15 is 0 Å². The minimum atomic E-state index is -0.266. The summed E-state index contributed by atoms with van der Waals surface area (Å²) in [5.41, 5.74) is 3.04. The van der Waals surface area contributed by atoms with Gasteiger partial charge in [-0.3, -0.25) is 9.88 Å². The van der Waals surface area contributed by atoms with Crippen LogP contribution in [-0.2, 0) is 26.2 Å². The molecule has 0 saturated heterocycles. The van der Waals surface area contributed by atoms with E-state index < -0.39 is 0 Å². The minimum absolute atomic E-state index is 0.266. The molecule has 4 rings (SSSR count). The quantitative estimate of drug-likeness (QED) is 0.427. The largest absolute Gasteiger partial charge is 0.287 e. The number of benzene rings is 2. The van der Waals surface area contributed by atoms with Crippen LogP contribution in [0.1, 0.15) is 22.5 Å². The van der Waals surface area contributed by atoms with Crippen molar-refractivity contribution >= 4 is 11.6 Å². The molecule has 0 radical (unpaired) electrons. The summed E-state index contributed by atoms with van der Waals surface area (Å²) < 4.78 is 14.9. The van der Waals surface area contributed by atoms with Gasteiger partial charge in [-0.15, -0.1) is 5.10 Å². The Hall–Kier alpha value is -3.16. The van der Waals surface area contributed by atoms with Crippen molar-refractivity contribution in [3.8, 4) is 0 Å². The second kappa shape index (κ2) is 9.56. The fourth-order valence-electron chi connectivity index (χ4n) is 3.21. The molecule has 0 aliphatic carbocycles. The molecule has 0 saturated carbocycles. The molecular weight excluding hydrogens is 403 g/mol. The van der Waals surface area contributed by atoms with Crippen LogP contribution < -0.4 is 0 Å². The van der Waals surface area contributed by atoms with Gasteiger partial charge >= 0.3 is 0 Å². The van der Waals surface area contributed by atoms with Crippen molar-refractivity contribution in [1.82, 2.24) is 30.1 Å². The van der Waals surface area contributed by atoms with Gasteiger partial charge in [0.15, 0.2) is 5.82 Å². The number of rotatable bonds is 8. The van der Waals surface area contributed by atoms with Gasteiger partial charge in [0.25, 0.3) is 0 Å². The van der Waals surface area contributed by atoms with Crippen molar-refractivity contribution in [2.45, 2.75) is 26.2 Å². The molecule has 6 nitrogen and oxygen atoms in total. The fraction of sp³-hybridized carbons (Fsp3) is 0.182. The Kier molecular flexibility index (Phi) is 6.41. The summed E-state index contributed by atoms with van der Waals surface area (Å²) in [6.07, 6.45) is 3.60. The molecule has 30 heavy (non-hydrogen) atoms. The van der Waals surface area contributed by atoms with E-state index in [1.54, 1.807) is 23.0 Å². The lowest BCUT2D eigenvalue weighted by Gasteiger charge is -2.22. The lowest BCUT2D eigenvalue weighted by molar-refractivity contribution is 0.236. The SMILES string of the molecule is Fc1ccc(Cn2nnnc2CN(Cc2cccnc2)Cc2ccccc2Cl)cc1. The van der Waals surface area contributed by atoms with E-state index in [4.69, 9.17) is 11.6 Å². The standard InChI is InChI=1S/C22H20ClFN6/c23-21-6-2-1-5-19(21)15-29(13-18-4-3-11-25-12-18)16-22-26-27-28-30(22)14-17-7-9-20(24)10-8-17/h1-12H,13-16H2. The van der Waals surface area contributed by atoms with Gasteiger partial charge in [0.05, 0.1) is 13.1 Å². The Balaban J connectivity index is 1.55. The van der Waals surface area contributed by atoms with Crippen molar-refractivity contribution in [2.75, 3.05) is 0 Å². The topological polar surface area (TPSA) is 59.7 Å². The summed E-state index contributed by atoms with van der Waals surface area (Å²) in [6.45, 7) is 2.30. The molecule has 0 aliphatic heterocycles. The highest BCUT2D eigenvalue weighted by Crippen LogP contribution is 2.19. The Morgan fingerprint density at radius 2 is 1.73 bits per heavy atom. The maximum Gasteiger partial charge on any atom is 0.165 e. The number of aromatic nitrogens is 5. The van der Waals surface area contributed by atoms with E-state index in [1.165, 1.54) is 12.1 Å². The third kappa shape index (κ3) is 5.25. The van der Waals surface area contributed by atoms with E-state index in [2.05, 4.69) is 25.4 Å². The van der Waals surface area contributed by atoms with Gasteiger partial charge in [0.2, 0.25) is 0 Å². The van der Waals surface area contributed by atoms with Crippen molar-refractivity contribution in [3.63, 3.8) is 0 Å². The molecule has 8 heteroatoms. The van der Waals surface area contributed by atoms with Crippen LogP contribution in [0, 0.1) is 5.82 Å². The third-order valence-corrected chi connectivity index (χ3v) is 5.07. The van der Waals surface area contributed by atoms with Gasteiger partial charge in [0, 0.05) is 30.5 Å². The zero-order valence-electron chi connectivity index (χ0n) is 16.2. The van der Waals surface area contributed by atoms with Crippen LogP contribution in [0.3, 0.4) is 0 Å². The Bertz CT molecular complexity index is 1080. The lowest BCUT2D eigenvalue weighted by atomic mass is 10.2. The van der Waals surface area contributed by atoms with Gasteiger partial charge in [-0.05, 0) is 51.4 Å². The highest BCUT2D eigenvalue weighted by atomic mass is 35.5. The fourth-order valence-corrected chi connectivity index (χ4v) is 3.40. The summed E-state index contributed by atoms with van der Waals surface area (Å²) >= 11 is 6.39. The number of hydrogen-bond donors (Lipinski definition) is 0. The van der Waals surface area contributed by atoms with Crippen LogP contribution >= 0.6 is 11.6 Å². The molecule has 4 aromatic rings. The number of nitrogens with zero attached hydrogens (tertiary/aromatic N) is 6. The summed E-state index contributed by atoms with van der Waals surface area (Å²) in [5.74, 6) is 0.452. The van der Waals surface area contributed by atoms with E-state index in [0.717, 1.165) is 27.5 Å². The van der Waals surface area contributed by atoms with Crippen LogP contribution in [0.15, 0.2) is 73.1 Å². The minimum Gasteiger partial charge on any atom is -0.287 e. The van der Waals surface area contributed by atoms with Crippen LogP contribution in [0.4, 0.5) is 4.39 Å². The van der Waals surface area contributed by atoms with Gasteiger partial charge in [-0.2, -0.15) is 0 Å². The molecule has 2 heterocycles. The van der Waals surface area contributed by atoms with Crippen LogP contribution in [-0.4, -0.2) is 30.1 Å². The molecule has 0 fully saturated rings. The van der Waals surface area contributed by atoms with E-state index in [1.807, 2.05) is 42.6 Å². The molecule has 0 N–H and O–H groups in total. The zero-order chi connectivity index (χ0) is 20.8. The highest BCUT2D eigenvalue weighted by Gasteiger charge is 2.15. The second-order valence-corrected chi connectivity index (χ2v) is 7.38. The van der Waals surface area contributed by atoms with Crippen LogP contribution in [0.25, 0.3) is 0 Å². The number of halogens is 2. The first-order valence-corrected chi connectivity index (χ1v) is 9.89. The highest BCUT2D eigenvalue weighted by molar-refractivity contribution is 6.31. The molecule has 2 aromatic carbocycles. The predicted molar refractivity (Wildman–Crippen MR) is 112 cm³/mol. The predicted octanol–water partition coefficient (Wildman–Crippen LogP) is 4.11. The molecule has 0 bridgehead atoms. The van der Waals surface area contributed by atoms with Crippen LogP contribution in [0.2, 0.25) is 5.02 Å². The van der Waals surface area contributed by atoms with Crippen molar-refractivity contribution in [2.24, 2.45) is 0 Å². The van der Waals surface area contributed by atoms with Gasteiger partial charge in [0.1, 0.15) is 5.82 Å². The summed E-state index contributed by atoms with van der Waals surface area (Å²) in [6, 6.07) is 18.1. The monoisotopic (exact) mass is 422 g/mol. The normalized spacial score (nSPS) is 11.2. The molecule has 0 amide bonds. The van der Waals surface area contributed by atoms with Crippen molar-refractivity contribution in [3.05, 3.63) is 106 Å². The smallest absolute Gasteiger partial charge is 0.165 e. The van der Waals surface area contributed by atoms with Crippen LogP contribution in [0.5, 0.6) is 0 Å². The lowest BCUT2D eigenvalue weighted by Crippen LogP contribution is -2.25. The first-order chi connectivity index (χ1) is 14.7. The van der Waals surface area contributed by atoms with Crippen molar-refractivity contribution in [1.29, 1.82) is 0 Å². The molecule has 2 aromatic heterocycles. The summed E-state index contributed by atoms with van der Waals surface area (Å²) in [5, 5.41) is 12.9. The van der Waals surface area contributed by atoms with E-state index in [9.17, 15) is 4.39 Å². The van der Waals surface area contributed by atoms with Gasteiger partial charge < -0.3 is 0 Å². The molecular formula is C22H20ClFN6. The van der Waals surface area contributed by atoms with Gasteiger partial charge in [-0.25, -0.2) is 9.07 Å². The average molecular weight is 423 g/mol. The third-order valence-electron chi connectivity index (χ3n) is 4.70. The molecule has 0 atom stereocenters. The second-order valence-electron chi connectivity index (χ2n) is 6.98.